The van der Waals surface area contributed by atoms with E-state index in [9.17, 15) is 4.79 Å². The van der Waals surface area contributed by atoms with Crippen molar-refractivity contribution in [2.45, 2.75) is 57.9 Å². The Hall–Kier alpha value is -1.81. The average Bonchev–Trinajstić information content (AvgIpc) is 2.75. The molecule has 2 aliphatic heterocycles. The second-order valence-electron chi connectivity index (χ2n) is 8.73. The first-order valence-electron chi connectivity index (χ1n) is 11.2. The minimum atomic E-state index is 0.358. The predicted molar refractivity (Wildman–Crippen MR) is 116 cm³/mol. The van der Waals surface area contributed by atoms with Crippen LogP contribution in [0.5, 0.6) is 0 Å². The topological polar surface area (TPSA) is 26.8 Å². The summed E-state index contributed by atoms with van der Waals surface area (Å²) in [6.07, 6.45) is 10.2. The highest BCUT2D eigenvalue weighted by Crippen LogP contribution is 2.25. The van der Waals surface area contributed by atoms with Crippen molar-refractivity contribution in [1.29, 1.82) is 0 Å². The van der Waals surface area contributed by atoms with Crippen molar-refractivity contribution < 1.29 is 4.79 Å². The number of benzene rings is 1. The molecule has 1 aliphatic carbocycles. The maximum Gasteiger partial charge on any atom is 0.226 e. The number of piperidine rings is 1. The quantitative estimate of drug-likeness (QED) is 0.738. The molecule has 3 aliphatic rings. The fraction of sp³-hybridized carbons (Fsp3) is 0.625. The number of carbonyl (C=O) groups excluding carboxylic acids is 1. The zero-order valence-electron chi connectivity index (χ0n) is 17.4. The smallest absolute Gasteiger partial charge is 0.226 e. The monoisotopic (exact) mass is 381 g/mol. The largest absolute Gasteiger partial charge is 0.369 e. The summed E-state index contributed by atoms with van der Waals surface area (Å²) in [5.74, 6) is 0.358. The molecule has 4 nitrogen and oxygen atoms in total. The van der Waals surface area contributed by atoms with Crippen LogP contribution in [0.2, 0.25) is 0 Å². The van der Waals surface area contributed by atoms with E-state index in [1.807, 2.05) is 0 Å². The summed E-state index contributed by atoms with van der Waals surface area (Å²) in [4.78, 5) is 20.1. The van der Waals surface area contributed by atoms with Crippen LogP contribution in [-0.4, -0.2) is 61.0 Å². The van der Waals surface area contributed by atoms with Crippen molar-refractivity contribution in [3.63, 3.8) is 0 Å². The van der Waals surface area contributed by atoms with E-state index in [4.69, 9.17) is 0 Å². The summed E-state index contributed by atoms with van der Waals surface area (Å²) in [6, 6.07) is 9.24. The molecule has 0 saturated carbocycles. The average molecular weight is 382 g/mol. The van der Waals surface area contributed by atoms with Gasteiger partial charge in [0.2, 0.25) is 5.91 Å². The number of aryl methyl sites for hydroxylation is 1. The third-order valence-corrected chi connectivity index (χ3v) is 6.80. The number of rotatable bonds is 4. The van der Waals surface area contributed by atoms with Gasteiger partial charge < -0.3 is 9.80 Å². The Balaban J connectivity index is 1.30. The van der Waals surface area contributed by atoms with Crippen molar-refractivity contribution in [3.8, 4) is 0 Å². The summed E-state index contributed by atoms with van der Waals surface area (Å²) in [7, 11) is 0. The Morgan fingerprint density at radius 3 is 2.61 bits per heavy atom. The van der Waals surface area contributed by atoms with Gasteiger partial charge in [-0.25, -0.2) is 0 Å². The van der Waals surface area contributed by atoms with Gasteiger partial charge in [0.05, 0.1) is 0 Å². The molecule has 1 aromatic carbocycles. The molecule has 1 atom stereocenters. The zero-order valence-corrected chi connectivity index (χ0v) is 17.4. The van der Waals surface area contributed by atoms with Crippen LogP contribution in [0, 0.1) is 6.92 Å². The molecule has 0 aromatic heterocycles. The molecule has 4 rings (SSSR count). The van der Waals surface area contributed by atoms with Crippen molar-refractivity contribution >= 4 is 11.6 Å². The first kappa shape index (κ1) is 19.5. The Bertz CT molecular complexity index is 706. The van der Waals surface area contributed by atoms with Crippen LogP contribution in [0.1, 0.15) is 50.5 Å². The van der Waals surface area contributed by atoms with Gasteiger partial charge in [0.25, 0.3) is 0 Å². The van der Waals surface area contributed by atoms with Crippen LogP contribution in [0.4, 0.5) is 5.69 Å². The number of likely N-dealkylation sites (tertiary alicyclic amines) is 1. The third kappa shape index (κ3) is 4.60. The van der Waals surface area contributed by atoms with Crippen molar-refractivity contribution in [2.75, 3.05) is 44.2 Å². The minimum Gasteiger partial charge on any atom is -0.369 e. The number of carbonyl (C=O) groups is 1. The van der Waals surface area contributed by atoms with E-state index in [-0.39, 0.29) is 0 Å². The van der Waals surface area contributed by atoms with Gasteiger partial charge in [-0.2, -0.15) is 0 Å². The molecule has 0 radical (unpaired) electrons. The number of amides is 1. The van der Waals surface area contributed by atoms with E-state index in [0.29, 0.717) is 18.4 Å². The van der Waals surface area contributed by atoms with Gasteiger partial charge in [-0.3, -0.25) is 9.69 Å². The van der Waals surface area contributed by atoms with Crippen LogP contribution in [0.25, 0.3) is 0 Å². The van der Waals surface area contributed by atoms with Crippen LogP contribution in [0.15, 0.2) is 35.9 Å². The number of piperazine rings is 1. The normalized spacial score (nSPS) is 24.2. The Kier molecular flexibility index (Phi) is 6.36. The van der Waals surface area contributed by atoms with Gasteiger partial charge in [0.15, 0.2) is 0 Å². The number of anilines is 1. The molecule has 28 heavy (non-hydrogen) atoms. The fourth-order valence-electron chi connectivity index (χ4n) is 5.10. The minimum absolute atomic E-state index is 0.358. The zero-order chi connectivity index (χ0) is 19.3. The lowest BCUT2D eigenvalue weighted by Gasteiger charge is -2.44. The second kappa shape index (κ2) is 9.13. The maximum atomic E-state index is 12.8. The second-order valence-corrected chi connectivity index (χ2v) is 8.73. The third-order valence-electron chi connectivity index (χ3n) is 6.80. The van der Waals surface area contributed by atoms with Gasteiger partial charge in [-0.15, -0.1) is 0 Å². The summed E-state index contributed by atoms with van der Waals surface area (Å²) in [6.45, 7) is 8.46. The highest BCUT2D eigenvalue weighted by Gasteiger charge is 2.30. The molecule has 0 N–H and O–H groups in total. The van der Waals surface area contributed by atoms with Crippen LogP contribution in [-0.2, 0) is 4.79 Å². The van der Waals surface area contributed by atoms with Crippen molar-refractivity contribution in [3.05, 3.63) is 41.5 Å². The molecular weight excluding hydrogens is 346 g/mol. The molecule has 2 heterocycles. The SMILES string of the molecule is Cc1ccccc1N1CCN([C@@H]2CCCN(C(=O)CC3=CCCCC3)C2)CC1. The van der Waals surface area contributed by atoms with E-state index < -0.39 is 0 Å². The standard InChI is InChI=1S/C24H35N3O/c1-20-8-5-6-12-23(20)26-16-14-25(15-17-26)22-11-7-13-27(19-22)24(28)18-21-9-3-2-4-10-21/h5-6,8-9,12,22H,2-4,7,10-11,13-19H2,1H3/t22-/m1/s1. The number of hydrogen-bond donors (Lipinski definition) is 0. The molecular formula is C24H35N3O. The number of hydrogen-bond acceptors (Lipinski definition) is 3. The first-order chi connectivity index (χ1) is 13.7. The molecule has 0 unspecified atom stereocenters. The first-order valence-corrected chi connectivity index (χ1v) is 11.2. The fourth-order valence-corrected chi connectivity index (χ4v) is 5.10. The van der Waals surface area contributed by atoms with Crippen LogP contribution in [0.3, 0.4) is 0 Å². The Morgan fingerprint density at radius 1 is 1.04 bits per heavy atom. The van der Waals surface area contributed by atoms with E-state index in [1.165, 1.54) is 36.1 Å². The molecule has 152 valence electrons. The predicted octanol–water partition coefficient (Wildman–Crippen LogP) is 4.00. The summed E-state index contributed by atoms with van der Waals surface area (Å²) < 4.78 is 0. The number of allylic oxidation sites excluding steroid dienone is 1. The summed E-state index contributed by atoms with van der Waals surface area (Å²) >= 11 is 0. The van der Waals surface area contributed by atoms with Gasteiger partial charge in [0, 0.05) is 57.4 Å². The summed E-state index contributed by atoms with van der Waals surface area (Å²) in [5.41, 5.74) is 4.12. The van der Waals surface area contributed by atoms with Gasteiger partial charge in [-0.1, -0.05) is 29.8 Å². The lowest BCUT2D eigenvalue weighted by Crippen LogP contribution is -2.56. The van der Waals surface area contributed by atoms with Gasteiger partial charge >= 0.3 is 0 Å². The number of nitrogens with zero attached hydrogens (tertiary/aromatic N) is 3. The van der Waals surface area contributed by atoms with Crippen LogP contribution < -0.4 is 4.90 Å². The highest BCUT2D eigenvalue weighted by molar-refractivity contribution is 5.79. The molecule has 1 amide bonds. The maximum absolute atomic E-state index is 12.8. The molecule has 2 fully saturated rings. The molecule has 0 bridgehead atoms. The van der Waals surface area contributed by atoms with E-state index in [1.54, 1.807) is 0 Å². The Morgan fingerprint density at radius 2 is 1.86 bits per heavy atom. The van der Waals surface area contributed by atoms with Crippen LogP contribution >= 0.6 is 0 Å². The molecule has 1 aromatic rings. The van der Waals surface area contributed by atoms with Gasteiger partial charge in [0.1, 0.15) is 0 Å². The molecule has 2 saturated heterocycles. The van der Waals surface area contributed by atoms with E-state index in [0.717, 1.165) is 58.5 Å². The van der Waals surface area contributed by atoms with Crippen molar-refractivity contribution in [2.24, 2.45) is 0 Å². The van der Waals surface area contributed by atoms with Gasteiger partial charge in [-0.05, 0) is 57.1 Å². The molecule has 4 heteroatoms. The van der Waals surface area contributed by atoms with Crippen molar-refractivity contribution in [1.82, 2.24) is 9.80 Å². The molecule has 0 spiro atoms. The van der Waals surface area contributed by atoms with E-state index >= 15 is 0 Å². The lowest BCUT2D eigenvalue weighted by atomic mass is 9.96. The highest BCUT2D eigenvalue weighted by atomic mass is 16.2. The summed E-state index contributed by atoms with van der Waals surface area (Å²) in [5, 5.41) is 0. The lowest BCUT2D eigenvalue weighted by molar-refractivity contribution is -0.132. The van der Waals surface area contributed by atoms with E-state index in [2.05, 4.69) is 52.0 Å². The Labute approximate surface area is 170 Å². The number of para-hydroxylation sites is 1.